The molecular formula is C3H5F2N4O2+. The van der Waals surface area contributed by atoms with Crippen molar-refractivity contribution in [3.8, 4) is 0 Å². The maximum absolute atomic E-state index is 11.5. The van der Waals surface area contributed by atoms with Crippen molar-refractivity contribution in [2.45, 2.75) is 6.43 Å². The lowest BCUT2D eigenvalue weighted by atomic mass is 10.6. The van der Waals surface area contributed by atoms with E-state index in [1.54, 1.807) is 0 Å². The minimum atomic E-state index is -2.82. The molecule has 0 aliphatic carbocycles. The summed E-state index contributed by atoms with van der Waals surface area (Å²) in [6.07, 6.45) is -4.49. The van der Waals surface area contributed by atoms with Gasteiger partial charge in [0.05, 0.1) is 4.91 Å². The summed E-state index contributed by atoms with van der Waals surface area (Å²) in [6, 6.07) is 0. The van der Waals surface area contributed by atoms with Crippen molar-refractivity contribution in [1.29, 1.82) is 5.53 Å². The Kier molecular flexibility index (Phi) is 3.68. The van der Waals surface area contributed by atoms with Gasteiger partial charge in [0.15, 0.2) is 6.54 Å². The molecule has 0 aromatic rings. The summed E-state index contributed by atoms with van der Waals surface area (Å²) in [5, 5.41) is 10.7. The lowest BCUT2D eigenvalue weighted by Gasteiger charge is -1.98. The fourth-order valence-corrected chi connectivity index (χ4v) is 0.338. The van der Waals surface area contributed by atoms with Gasteiger partial charge in [0.2, 0.25) is 5.22 Å². The van der Waals surface area contributed by atoms with Crippen LogP contribution in [-0.2, 0) is 0 Å². The maximum atomic E-state index is 11.5. The number of hydrogen-bond acceptors (Lipinski definition) is 3. The molecule has 0 bridgehead atoms. The molecule has 0 heterocycles. The molecule has 6 nitrogen and oxygen atoms in total. The van der Waals surface area contributed by atoms with Gasteiger partial charge >= 0.3 is 6.09 Å². The van der Waals surface area contributed by atoms with Gasteiger partial charge in [-0.05, 0) is 10.5 Å². The predicted octanol–water partition coefficient (Wildman–Crippen LogP) is 0.697. The van der Waals surface area contributed by atoms with Crippen molar-refractivity contribution >= 4 is 6.09 Å². The Labute approximate surface area is 59.6 Å². The molecular weight excluding hydrogens is 162 g/mol. The van der Waals surface area contributed by atoms with Crippen LogP contribution < -0.4 is 4.91 Å². The van der Waals surface area contributed by atoms with Crippen molar-refractivity contribution < 1.29 is 18.7 Å². The van der Waals surface area contributed by atoms with Crippen molar-refractivity contribution in [3.63, 3.8) is 0 Å². The van der Waals surface area contributed by atoms with Crippen molar-refractivity contribution in [3.05, 3.63) is 0 Å². The minimum Gasteiger partial charge on any atom is -0.445 e. The molecule has 0 aromatic carbocycles. The Morgan fingerprint density at radius 3 is 2.64 bits per heavy atom. The average molecular weight is 167 g/mol. The third-order valence-corrected chi connectivity index (χ3v) is 0.684. The van der Waals surface area contributed by atoms with Crippen molar-refractivity contribution in [1.82, 2.24) is 9.92 Å². The summed E-state index contributed by atoms with van der Waals surface area (Å²) in [6.45, 7) is -1.07. The SMILES string of the molecule is N=[N+]=NN(CC(F)F)C(=O)O. The monoisotopic (exact) mass is 167 g/mol. The van der Waals surface area contributed by atoms with Crippen LogP contribution in [-0.4, -0.2) is 29.2 Å². The highest BCUT2D eigenvalue weighted by Gasteiger charge is 2.25. The van der Waals surface area contributed by atoms with E-state index in [0.29, 0.717) is 0 Å². The predicted molar refractivity (Wildman–Crippen MR) is 28.0 cm³/mol. The van der Waals surface area contributed by atoms with E-state index in [-0.39, 0.29) is 5.01 Å². The molecule has 0 unspecified atom stereocenters. The zero-order chi connectivity index (χ0) is 8.85. The molecule has 62 valence electrons. The first-order valence-electron chi connectivity index (χ1n) is 2.44. The largest absolute Gasteiger partial charge is 0.526 e. The number of rotatable bonds is 3. The van der Waals surface area contributed by atoms with Gasteiger partial charge in [0.1, 0.15) is 0 Å². The normalized spacial score (nSPS) is 9.00. The fraction of sp³-hybridized carbons (Fsp3) is 0.667. The number of halogens is 2. The second-order valence-corrected chi connectivity index (χ2v) is 1.45. The van der Waals surface area contributed by atoms with Crippen LogP contribution in [0.1, 0.15) is 0 Å². The Morgan fingerprint density at radius 1 is 1.82 bits per heavy atom. The first kappa shape index (κ1) is 9.44. The van der Waals surface area contributed by atoms with Gasteiger partial charge in [-0.15, -0.1) is 0 Å². The highest BCUT2D eigenvalue weighted by atomic mass is 19.3. The summed E-state index contributed by atoms with van der Waals surface area (Å²) in [7, 11) is 0. The number of nitrogens with zero attached hydrogens (tertiary/aromatic N) is 3. The molecule has 0 aliphatic rings. The lowest BCUT2D eigenvalue weighted by molar-refractivity contribution is 0.0764. The molecule has 0 saturated heterocycles. The van der Waals surface area contributed by atoms with Gasteiger partial charge < -0.3 is 5.11 Å². The topological polar surface area (TPSA) is 90.9 Å². The first-order chi connectivity index (χ1) is 5.07. The molecule has 0 aliphatic heterocycles. The van der Waals surface area contributed by atoms with Gasteiger partial charge in [-0.3, -0.25) is 0 Å². The summed E-state index contributed by atoms with van der Waals surface area (Å²) >= 11 is 0. The highest BCUT2D eigenvalue weighted by Crippen LogP contribution is 1.97. The maximum Gasteiger partial charge on any atom is 0.526 e. The van der Waals surface area contributed by atoms with E-state index in [1.165, 1.54) is 0 Å². The second kappa shape index (κ2) is 4.29. The summed E-state index contributed by atoms with van der Waals surface area (Å²) in [4.78, 5) is 12.3. The van der Waals surface area contributed by atoms with Gasteiger partial charge in [0, 0.05) is 0 Å². The van der Waals surface area contributed by atoms with E-state index >= 15 is 0 Å². The molecule has 1 amide bonds. The van der Waals surface area contributed by atoms with Crippen LogP contribution in [0.5, 0.6) is 0 Å². The van der Waals surface area contributed by atoms with Crippen LogP contribution >= 0.6 is 0 Å². The van der Waals surface area contributed by atoms with Gasteiger partial charge in [-0.2, -0.15) is 4.79 Å². The molecule has 0 rings (SSSR count). The van der Waals surface area contributed by atoms with Gasteiger partial charge in [0.25, 0.3) is 6.43 Å². The number of alkyl halides is 2. The summed E-state index contributed by atoms with van der Waals surface area (Å²) in [5.74, 6) is 0. The molecule has 0 fully saturated rings. The fourth-order valence-electron chi connectivity index (χ4n) is 0.338. The van der Waals surface area contributed by atoms with Crippen LogP contribution in [0, 0.1) is 5.53 Å². The zero-order valence-corrected chi connectivity index (χ0v) is 5.24. The molecule has 0 spiro atoms. The lowest BCUT2D eigenvalue weighted by Crippen LogP contribution is -2.28. The highest BCUT2D eigenvalue weighted by molar-refractivity contribution is 5.64. The Balaban J connectivity index is 4.11. The van der Waals surface area contributed by atoms with E-state index in [4.69, 9.17) is 10.6 Å². The van der Waals surface area contributed by atoms with Crippen LogP contribution in [0.3, 0.4) is 0 Å². The smallest absolute Gasteiger partial charge is 0.445 e. The third-order valence-electron chi connectivity index (χ3n) is 0.684. The van der Waals surface area contributed by atoms with Crippen molar-refractivity contribution in [2.24, 2.45) is 5.22 Å². The second-order valence-electron chi connectivity index (χ2n) is 1.45. The molecule has 0 aromatic heterocycles. The Bertz CT molecular complexity index is 188. The van der Waals surface area contributed by atoms with Crippen LogP contribution in [0.25, 0.3) is 0 Å². The van der Waals surface area contributed by atoms with Crippen LogP contribution in [0.4, 0.5) is 13.6 Å². The quantitative estimate of drug-likeness (QED) is 0.368. The Hall–Kier alpha value is -1.56. The average Bonchev–Trinajstić information content (AvgIpc) is 1.86. The van der Waals surface area contributed by atoms with E-state index in [9.17, 15) is 13.6 Å². The van der Waals surface area contributed by atoms with Gasteiger partial charge in [-0.25, -0.2) is 8.78 Å². The molecule has 0 radical (unpaired) electrons. The number of carbonyl (C=O) groups is 1. The van der Waals surface area contributed by atoms with Crippen molar-refractivity contribution in [2.75, 3.05) is 6.54 Å². The first-order valence-corrected chi connectivity index (χ1v) is 2.44. The molecule has 0 saturated carbocycles. The third kappa shape index (κ3) is 3.93. The zero-order valence-electron chi connectivity index (χ0n) is 5.24. The van der Waals surface area contributed by atoms with E-state index in [1.807, 2.05) is 0 Å². The molecule has 8 heteroatoms. The summed E-state index contributed by atoms with van der Waals surface area (Å²) in [5.41, 5.74) is 6.08. The van der Waals surface area contributed by atoms with E-state index < -0.39 is 19.1 Å². The molecule has 2 N–H and O–H groups in total. The Morgan fingerprint density at radius 2 is 2.36 bits per heavy atom. The number of hydrogen-bond donors (Lipinski definition) is 2. The molecule has 11 heavy (non-hydrogen) atoms. The molecule has 0 atom stereocenters. The van der Waals surface area contributed by atoms with E-state index in [0.717, 1.165) is 0 Å². The number of carboxylic acid groups (broad SMARTS) is 1. The number of amides is 1. The standard InChI is InChI=1S/C3H4F2N4O2/c4-2(5)1-9(3(10)11)8-7-6/h2,6H,1H2/p+1. The summed E-state index contributed by atoms with van der Waals surface area (Å²) < 4.78 is 23.0. The number of nitrogens with one attached hydrogen (secondary N) is 1. The van der Waals surface area contributed by atoms with E-state index in [2.05, 4.69) is 10.1 Å². The van der Waals surface area contributed by atoms with Crippen LogP contribution in [0.2, 0.25) is 0 Å². The van der Waals surface area contributed by atoms with Crippen LogP contribution in [0.15, 0.2) is 5.22 Å². The minimum absolute atomic E-state index is 0.0162. The van der Waals surface area contributed by atoms with Gasteiger partial charge in [-0.1, -0.05) is 0 Å².